The minimum absolute atomic E-state index is 0.00132. The van der Waals surface area contributed by atoms with Crippen LogP contribution in [-0.4, -0.2) is 40.8 Å². The van der Waals surface area contributed by atoms with E-state index in [9.17, 15) is 14.4 Å². The van der Waals surface area contributed by atoms with Gasteiger partial charge in [-0.3, -0.25) is 24.8 Å². The van der Waals surface area contributed by atoms with E-state index in [2.05, 4.69) is 10.3 Å². The van der Waals surface area contributed by atoms with Gasteiger partial charge in [-0.25, -0.2) is 4.79 Å². The van der Waals surface area contributed by atoms with Crippen LogP contribution in [0.1, 0.15) is 34.8 Å². The second-order valence-corrected chi connectivity index (χ2v) is 6.43. The number of nitrogens with one attached hydrogen (secondary N) is 1. The molecule has 2 saturated heterocycles. The first-order valence-electron chi connectivity index (χ1n) is 8.56. The molecule has 1 aromatic carbocycles. The summed E-state index contributed by atoms with van der Waals surface area (Å²) in [6.45, 7) is 0.713. The molecule has 2 aromatic rings. The summed E-state index contributed by atoms with van der Waals surface area (Å²) in [6.07, 6.45) is 5.41. The molecule has 0 radical (unpaired) electrons. The summed E-state index contributed by atoms with van der Waals surface area (Å²) in [5.41, 5.74) is 2.20. The number of carbonyl (C=O) groups excluding carboxylic acids is 3. The predicted octanol–water partition coefficient (Wildman–Crippen LogP) is 2.12. The normalized spacial score (nSPS) is 19.8. The van der Waals surface area contributed by atoms with E-state index in [1.165, 1.54) is 4.90 Å². The van der Waals surface area contributed by atoms with E-state index in [1.807, 2.05) is 23.2 Å². The maximum Gasteiger partial charge on any atom is 0.329 e. The van der Waals surface area contributed by atoms with E-state index >= 15 is 0 Å². The van der Waals surface area contributed by atoms with Crippen LogP contribution in [0.4, 0.5) is 10.5 Å². The van der Waals surface area contributed by atoms with Crippen LogP contribution >= 0.6 is 0 Å². The topological polar surface area (TPSA) is 82.6 Å². The van der Waals surface area contributed by atoms with Crippen molar-refractivity contribution < 1.29 is 14.4 Å². The Balaban J connectivity index is 1.53. The molecule has 1 N–H and O–H groups in total. The van der Waals surface area contributed by atoms with Crippen molar-refractivity contribution in [3.8, 4) is 0 Å². The summed E-state index contributed by atoms with van der Waals surface area (Å²) >= 11 is 0. The first-order valence-corrected chi connectivity index (χ1v) is 8.56. The van der Waals surface area contributed by atoms with E-state index in [0.29, 0.717) is 17.8 Å². The van der Waals surface area contributed by atoms with Crippen LogP contribution in [0, 0.1) is 0 Å². The zero-order valence-corrected chi connectivity index (χ0v) is 14.1. The van der Waals surface area contributed by atoms with E-state index < -0.39 is 6.03 Å². The Labute approximate surface area is 150 Å². The largest absolute Gasteiger partial charge is 0.332 e. The van der Waals surface area contributed by atoms with Gasteiger partial charge in [0.25, 0.3) is 5.91 Å². The second-order valence-electron chi connectivity index (χ2n) is 6.43. The number of hydrogen-bond acceptors (Lipinski definition) is 4. The van der Waals surface area contributed by atoms with Crippen LogP contribution in [0.25, 0.3) is 0 Å². The molecule has 1 unspecified atom stereocenters. The highest BCUT2D eigenvalue weighted by Crippen LogP contribution is 2.33. The Hall–Kier alpha value is -3.22. The van der Waals surface area contributed by atoms with Gasteiger partial charge in [0, 0.05) is 30.2 Å². The van der Waals surface area contributed by atoms with Crippen LogP contribution in [0.3, 0.4) is 0 Å². The number of imide groups is 1. The molecule has 0 aliphatic carbocycles. The van der Waals surface area contributed by atoms with Crippen LogP contribution < -0.4 is 10.2 Å². The number of carbonyl (C=O) groups is 3. The van der Waals surface area contributed by atoms with Crippen molar-refractivity contribution in [3.63, 3.8) is 0 Å². The highest BCUT2D eigenvalue weighted by molar-refractivity contribution is 6.12. The van der Waals surface area contributed by atoms with Crippen LogP contribution in [0.2, 0.25) is 0 Å². The lowest BCUT2D eigenvalue weighted by Crippen LogP contribution is -2.31. The summed E-state index contributed by atoms with van der Waals surface area (Å²) in [5, 5.41) is 2.24. The fourth-order valence-electron chi connectivity index (χ4n) is 3.53. The smallest absolute Gasteiger partial charge is 0.329 e. The molecule has 3 heterocycles. The Morgan fingerprint density at radius 2 is 1.96 bits per heavy atom. The summed E-state index contributed by atoms with van der Waals surface area (Å²) in [5.74, 6) is -0.364. The third-order valence-electron chi connectivity index (χ3n) is 4.80. The van der Waals surface area contributed by atoms with Gasteiger partial charge in [0.05, 0.1) is 6.04 Å². The number of aromatic nitrogens is 1. The van der Waals surface area contributed by atoms with E-state index in [1.54, 1.807) is 30.5 Å². The van der Waals surface area contributed by atoms with Gasteiger partial charge in [0.2, 0.25) is 5.91 Å². The zero-order chi connectivity index (χ0) is 18.1. The maximum absolute atomic E-state index is 12.9. The molecule has 1 atom stereocenters. The van der Waals surface area contributed by atoms with Gasteiger partial charge in [-0.1, -0.05) is 6.07 Å². The summed E-state index contributed by atoms with van der Waals surface area (Å²) < 4.78 is 0. The third-order valence-corrected chi connectivity index (χ3v) is 4.80. The average molecular weight is 350 g/mol. The summed E-state index contributed by atoms with van der Waals surface area (Å²) in [7, 11) is 0. The molecule has 2 aliphatic heterocycles. The van der Waals surface area contributed by atoms with Gasteiger partial charge < -0.3 is 4.90 Å². The SMILES string of the molecule is O=C1CN(c2ccc(C(=O)N3CCCC3c3cccnc3)cc2)C(=O)N1. The van der Waals surface area contributed by atoms with Crippen LogP contribution in [0.15, 0.2) is 48.8 Å². The molecule has 7 heteroatoms. The van der Waals surface area contributed by atoms with Crippen molar-refractivity contribution in [3.05, 3.63) is 59.9 Å². The standard InChI is InChI=1S/C19H18N4O3/c24-17-12-23(19(26)21-17)15-7-5-13(6-8-15)18(25)22-10-2-4-16(22)14-3-1-9-20-11-14/h1,3,5-9,11,16H,2,4,10,12H2,(H,21,24,26). The minimum Gasteiger partial charge on any atom is -0.332 e. The van der Waals surface area contributed by atoms with Crippen LogP contribution in [-0.2, 0) is 4.79 Å². The Morgan fingerprint density at radius 1 is 1.15 bits per heavy atom. The lowest BCUT2D eigenvalue weighted by atomic mass is 10.1. The first kappa shape index (κ1) is 16.3. The number of pyridine rings is 1. The number of benzene rings is 1. The van der Waals surface area contributed by atoms with Crippen molar-refractivity contribution >= 4 is 23.5 Å². The number of nitrogens with zero attached hydrogens (tertiary/aromatic N) is 3. The van der Waals surface area contributed by atoms with Gasteiger partial charge in [-0.15, -0.1) is 0 Å². The molecule has 0 saturated carbocycles. The zero-order valence-electron chi connectivity index (χ0n) is 14.1. The average Bonchev–Trinajstić information content (AvgIpc) is 3.28. The van der Waals surface area contributed by atoms with E-state index in [4.69, 9.17) is 0 Å². The van der Waals surface area contributed by atoms with Crippen molar-refractivity contribution in [2.24, 2.45) is 0 Å². The molecule has 2 aliphatic rings. The highest BCUT2D eigenvalue weighted by atomic mass is 16.2. The van der Waals surface area contributed by atoms with Crippen molar-refractivity contribution in [1.82, 2.24) is 15.2 Å². The fourth-order valence-corrected chi connectivity index (χ4v) is 3.53. The number of likely N-dealkylation sites (tertiary alicyclic amines) is 1. The van der Waals surface area contributed by atoms with E-state index in [-0.39, 0.29) is 24.4 Å². The van der Waals surface area contributed by atoms with Crippen LogP contribution in [0.5, 0.6) is 0 Å². The number of rotatable bonds is 3. The van der Waals surface area contributed by atoms with Gasteiger partial charge in [0.1, 0.15) is 6.54 Å². The Bertz CT molecular complexity index is 851. The van der Waals surface area contributed by atoms with E-state index in [0.717, 1.165) is 18.4 Å². The molecule has 132 valence electrons. The van der Waals surface area contributed by atoms with Crippen molar-refractivity contribution in [1.29, 1.82) is 0 Å². The van der Waals surface area contributed by atoms with Gasteiger partial charge in [0.15, 0.2) is 0 Å². The lowest BCUT2D eigenvalue weighted by molar-refractivity contribution is -0.117. The fraction of sp³-hybridized carbons (Fsp3) is 0.263. The molecule has 4 rings (SSSR count). The quantitative estimate of drug-likeness (QED) is 0.860. The second kappa shape index (κ2) is 6.59. The molecule has 4 amide bonds. The number of amides is 4. The minimum atomic E-state index is -0.440. The first-order chi connectivity index (χ1) is 12.6. The third kappa shape index (κ3) is 2.92. The van der Waals surface area contributed by atoms with Gasteiger partial charge in [-0.2, -0.15) is 0 Å². The van der Waals surface area contributed by atoms with Gasteiger partial charge in [-0.05, 0) is 48.7 Å². The predicted molar refractivity (Wildman–Crippen MR) is 94.6 cm³/mol. The number of hydrogen-bond donors (Lipinski definition) is 1. The lowest BCUT2D eigenvalue weighted by Gasteiger charge is -2.25. The molecule has 0 bridgehead atoms. The molecule has 1 aromatic heterocycles. The number of anilines is 1. The number of urea groups is 1. The summed E-state index contributed by atoms with van der Waals surface area (Å²) in [6, 6.07) is 10.3. The molecule has 2 fully saturated rings. The van der Waals surface area contributed by atoms with Crippen molar-refractivity contribution in [2.75, 3.05) is 18.0 Å². The molecule has 26 heavy (non-hydrogen) atoms. The molecular weight excluding hydrogens is 332 g/mol. The molecule has 7 nitrogen and oxygen atoms in total. The highest BCUT2D eigenvalue weighted by Gasteiger charge is 2.31. The Kier molecular flexibility index (Phi) is 4.12. The molecule has 0 spiro atoms. The summed E-state index contributed by atoms with van der Waals surface area (Å²) in [4.78, 5) is 43.4. The monoisotopic (exact) mass is 350 g/mol. The maximum atomic E-state index is 12.9. The van der Waals surface area contributed by atoms with Gasteiger partial charge >= 0.3 is 6.03 Å². The Morgan fingerprint density at radius 3 is 2.62 bits per heavy atom. The van der Waals surface area contributed by atoms with Crippen molar-refractivity contribution in [2.45, 2.75) is 18.9 Å². The molecular formula is C19H18N4O3.